The minimum absolute atomic E-state index is 0.0266. The molecule has 0 aliphatic carbocycles. The lowest BCUT2D eigenvalue weighted by molar-refractivity contribution is 0.0784. The topological polar surface area (TPSA) is 95.0 Å². The van der Waals surface area contributed by atoms with Crippen molar-refractivity contribution in [1.29, 1.82) is 0 Å². The van der Waals surface area contributed by atoms with Crippen molar-refractivity contribution in [3.8, 4) is 17.2 Å². The minimum atomic E-state index is -3.13. The van der Waals surface area contributed by atoms with E-state index in [1.54, 1.807) is 42.5 Å². The molecule has 1 aromatic carbocycles. The van der Waals surface area contributed by atoms with Crippen LogP contribution in [-0.2, 0) is 9.84 Å². The molecule has 1 heterocycles. The van der Waals surface area contributed by atoms with E-state index in [-0.39, 0.29) is 17.6 Å². The first-order chi connectivity index (χ1) is 14.2. The maximum atomic E-state index is 13.1. The van der Waals surface area contributed by atoms with Crippen LogP contribution in [0.25, 0.3) is 0 Å². The number of rotatable bonds is 10. The summed E-state index contributed by atoms with van der Waals surface area (Å²) >= 11 is 0. The Balaban J connectivity index is 2.28. The molecule has 0 radical (unpaired) electrons. The van der Waals surface area contributed by atoms with Gasteiger partial charge in [-0.2, -0.15) is 0 Å². The van der Waals surface area contributed by atoms with Crippen LogP contribution in [0.15, 0.2) is 36.7 Å². The van der Waals surface area contributed by atoms with Crippen molar-refractivity contribution in [3.05, 3.63) is 47.8 Å². The molecule has 1 aromatic heterocycles. The summed E-state index contributed by atoms with van der Waals surface area (Å²) in [6, 6.07) is 6.87. The number of carbonyl (C=O) groups excluding carboxylic acids is 1. The van der Waals surface area contributed by atoms with E-state index in [4.69, 9.17) is 14.2 Å². The van der Waals surface area contributed by atoms with Crippen LogP contribution in [0, 0.1) is 0 Å². The zero-order chi connectivity index (χ0) is 22.3. The first-order valence-electron chi connectivity index (χ1n) is 9.33. The number of likely N-dealkylation sites (N-methyl/N-ethyl adjacent to an activating group) is 1. The Morgan fingerprint density at radius 3 is 2.23 bits per heavy atom. The fraction of sp³-hybridized carbons (Fsp3) is 0.429. The number of hydrogen-bond acceptors (Lipinski definition) is 7. The maximum Gasteiger partial charge on any atom is 0.253 e. The molecule has 0 aliphatic heterocycles. The molecule has 2 aromatic rings. The summed E-state index contributed by atoms with van der Waals surface area (Å²) in [4.78, 5) is 18.8. The molecule has 0 saturated carbocycles. The van der Waals surface area contributed by atoms with E-state index in [0.29, 0.717) is 35.8 Å². The second-order valence-corrected chi connectivity index (χ2v) is 9.26. The van der Waals surface area contributed by atoms with Crippen molar-refractivity contribution in [2.75, 3.05) is 46.9 Å². The Kier molecular flexibility index (Phi) is 8.05. The van der Waals surface area contributed by atoms with Crippen LogP contribution in [0.2, 0.25) is 0 Å². The summed E-state index contributed by atoms with van der Waals surface area (Å²) in [5, 5.41) is 0. The number of hydrogen-bond donors (Lipinski definition) is 0. The third-order valence-corrected chi connectivity index (χ3v) is 5.72. The normalized spacial score (nSPS) is 12.2. The van der Waals surface area contributed by atoms with Crippen molar-refractivity contribution in [2.24, 2.45) is 0 Å². The van der Waals surface area contributed by atoms with E-state index in [1.807, 2.05) is 6.07 Å². The van der Waals surface area contributed by atoms with E-state index in [0.717, 1.165) is 5.56 Å². The lowest BCUT2D eigenvalue weighted by Crippen LogP contribution is -2.32. The first-order valence-corrected chi connectivity index (χ1v) is 11.4. The molecule has 1 atom stereocenters. The number of ether oxygens (including phenoxy) is 3. The van der Waals surface area contributed by atoms with Gasteiger partial charge < -0.3 is 19.1 Å². The first kappa shape index (κ1) is 23.5. The summed E-state index contributed by atoms with van der Waals surface area (Å²) in [7, 11) is 3.01. The highest BCUT2D eigenvalue weighted by Gasteiger charge is 2.23. The van der Waals surface area contributed by atoms with Crippen LogP contribution in [0.3, 0.4) is 0 Å². The van der Waals surface area contributed by atoms with Gasteiger partial charge in [-0.3, -0.25) is 9.78 Å². The van der Waals surface area contributed by atoms with Gasteiger partial charge in [0.25, 0.3) is 5.91 Å². The van der Waals surface area contributed by atoms with Gasteiger partial charge in [-0.1, -0.05) is 6.07 Å². The lowest BCUT2D eigenvalue weighted by atomic mass is 9.97. The lowest BCUT2D eigenvalue weighted by Gasteiger charge is -2.25. The highest BCUT2D eigenvalue weighted by Crippen LogP contribution is 2.38. The van der Waals surface area contributed by atoms with E-state index in [1.165, 1.54) is 27.6 Å². The summed E-state index contributed by atoms with van der Waals surface area (Å²) < 4.78 is 39.3. The molecular formula is C21H28N2O6S. The Morgan fingerprint density at radius 1 is 1.13 bits per heavy atom. The Morgan fingerprint density at radius 2 is 1.77 bits per heavy atom. The van der Waals surface area contributed by atoms with E-state index >= 15 is 0 Å². The molecule has 0 bridgehead atoms. The van der Waals surface area contributed by atoms with Crippen molar-refractivity contribution in [1.82, 2.24) is 9.88 Å². The SMILES string of the molecule is COc1cc(C(=O)N(C)CC(CCS(C)(=O)=O)c2cccnc2)cc(OC)c1OC. The van der Waals surface area contributed by atoms with Crippen molar-refractivity contribution < 1.29 is 27.4 Å². The summed E-state index contributed by atoms with van der Waals surface area (Å²) in [6.07, 6.45) is 4.95. The van der Waals surface area contributed by atoms with Crippen LogP contribution in [-0.4, -0.2) is 71.1 Å². The van der Waals surface area contributed by atoms with Gasteiger partial charge in [-0.25, -0.2) is 8.42 Å². The molecule has 0 spiro atoms. The quantitative estimate of drug-likeness (QED) is 0.564. The van der Waals surface area contributed by atoms with Gasteiger partial charge >= 0.3 is 0 Å². The predicted octanol–water partition coefficient (Wildman–Crippen LogP) is 2.40. The van der Waals surface area contributed by atoms with Gasteiger partial charge in [-0.05, 0) is 30.2 Å². The van der Waals surface area contributed by atoms with Crippen molar-refractivity contribution >= 4 is 15.7 Å². The number of nitrogens with zero attached hydrogens (tertiary/aromatic N) is 2. The molecule has 8 nitrogen and oxygen atoms in total. The van der Waals surface area contributed by atoms with Crippen LogP contribution < -0.4 is 14.2 Å². The fourth-order valence-corrected chi connectivity index (χ4v) is 3.89. The van der Waals surface area contributed by atoms with Gasteiger partial charge in [0.1, 0.15) is 9.84 Å². The molecule has 30 heavy (non-hydrogen) atoms. The number of amides is 1. The van der Waals surface area contributed by atoms with E-state index in [2.05, 4.69) is 4.98 Å². The van der Waals surface area contributed by atoms with Crippen LogP contribution in [0.5, 0.6) is 17.2 Å². The maximum absolute atomic E-state index is 13.1. The Hall–Kier alpha value is -2.81. The van der Waals surface area contributed by atoms with E-state index < -0.39 is 9.84 Å². The molecule has 0 aliphatic rings. The number of methoxy groups -OCH3 is 3. The second-order valence-electron chi connectivity index (χ2n) is 7.00. The fourth-order valence-electron chi connectivity index (χ4n) is 3.18. The largest absolute Gasteiger partial charge is 0.493 e. The molecule has 164 valence electrons. The molecule has 9 heteroatoms. The van der Waals surface area contributed by atoms with Crippen molar-refractivity contribution in [3.63, 3.8) is 0 Å². The third-order valence-electron chi connectivity index (χ3n) is 4.75. The molecule has 2 rings (SSSR count). The van der Waals surface area contributed by atoms with Crippen LogP contribution in [0.4, 0.5) is 0 Å². The average molecular weight is 437 g/mol. The molecule has 1 unspecified atom stereocenters. The van der Waals surface area contributed by atoms with Gasteiger partial charge in [0.05, 0.1) is 27.1 Å². The van der Waals surface area contributed by atoms with Crippen LogP contribution in [0.1, 0.15) is 28.3 Å². The summed E-state index contributed by atoms with van der Waals surface area (Å²) in [6.45, 7) is 0.330. The van der Waals surface area contributed by atoms with Gasteiger partial charge in [0.15, 0.2) is 11.5 Å². The van der Waals surface area contributed by atoms with Crippen molar-refractivity contribution in [2.45, 2.75) is 12.3 Å². The molecule has 1 amide bonds. The third kappa shape index (κ3) is 6.09. The Labute approximate surface area is 177 Å². The molecule has 0 fully saturated rings. The zero-order valence-electron chi connectivity index (χ0n) is 17.9. The molecule has 0 saturated heterocycles. The van der Waals surface area contributed by atoms with E-state index in [9.17, 15) is 13.2 Å². The van der Waals surface area contributed by atoms with Gasteiger partial charge in [0.2, 0.25) is 5.75 Å². The number of sulfone groups is 1. The smallest absolute Gasteiger partial charge is 0.253 e. The number of benzene rings is 1. The summed E-state index contributed by atoms with van der Waals surface area (Å²) in [5.41, 5.74) is 1.26. The standard InChI is InChI=1S/C21H28N2O6S/c1-23(14-16(8-10-30(5,25)26)15-7-6-9-22-13-15)21(24)17-11-18(27-2)20(29-4)19(12-17)28-3/h6-7,9,11-13,16H,8,10,14H2,1-5H3. The average Bonchev–Trinajstić information content (AvgIpc) is 2.74. The van der Waals surface area contributed by atoms with Gasteiger partial charge in [0, 0.05) is 43.7 Å². The predicted molar refractivity (Wildman–Crippen MR) is 114 cm³/mol. The number of aromatic nitrogens is 1. The molecular weight excluding hydrogens is 408 g/mol. The number of carbonyl (C=O) groups is 1. The number of pyridine rings is 1. The second kappa shape index (κ2) is 10.3. The molecule has 0 N–H and O–H groups in total. The highest BCUT2D eigenvalue weighted by atomic mass is 32.2. The zero-order valence-corrected chi connectivity index (χ0v) is 18.7. The van der Waals surface area contributed by atoms with Gasteiger partial charge in [-0.15, -0.1) is 0 Å². The van der Waals surface area contributed by atoms with Crippen LogP contribution >= 0.6 is 0 Å². The Bertz CT molecular complexity index is 938. The monoisotopic (exact) mass is 436 g/mol. The highest BCUT2D eigenvalue weighted by molar-refractivity contribution is 7.90. The summed E-state index contributed by atoms with van der Waals surface area (Å²) in [5.74, 6) is 0.773. The minimum Gasteiger partial charge on any atom is -0.493 e.